The molecule has 0 aliphatic carbocycles. The molecule has 0 saturated heterocycles. The van der Waals surface area contributed by atoms with E-state index < -0.39 is 6.10 Å². The number of hydrogen-bond donors (Lipinski definition) is 1. The average molecular weight is 441 g/mol. The van der Waals surface area contributed by atoms with Crippen molar-refractivity contribution < 1.29 is 14.2 Å². The predicted octanol–water partition coefficient (Wildman–Crippen LogP) is 7.46. The molecule has 0 saturated carbocycles. The molecule has 4 aromatic carbocycles. The second kappa shape index (κ2) is 8.58. The summed E-state index contributed by atoms with van der Waals surface area (Å²) in [5.74, 6) is 0.515. The van der Waals surface area contributed by atoms with E-state index in [4.69, 9.17) is 4.74 Å². The van der Waals surface area contributed by atoms with Crippen LogP contribution in [-0.4, -0.2) is 12.2 Å². The molecular formula is C28H21FO2S. The number of hydrogen-bond acceptors (Lipinski definition) is 3. The van der Waals surface area contributed by atoms with Crippen LogP contribution in [0.5, 0.6) is 5.75 Å². The third-order valence-electron chi connectivity index (χ3n) is 5.65. The lowest BCUT2D eigenvalue weighted by atomic mass is 9.95. The average Bonchev–Trinajstić information content (AvgIpc) is 3.24. The van der Waals surface area contributed by atoms with E-state index in [1.807, 2.05) is 36.4 Å². The molecule has 2 nitrogen and oxygen atoms in total. The van der Waals surface area contributed by atoms with E-state index in [9.17, 15) is 9.50 Å². The lowest BCUT2D eigenvalue weighted by Gasteiger charge is -2.13. The monoisotopic (exact) mass is 440 g/mol. The van der Waals surface area contributed by atoms with Gasteiger partial charge in [0, 0.05) is 20.5 Å². The molecule has 5 rings (SSSR count). The van der Waals surface area contributed by atoms with Gasteiger partial charge in [-0.15, -0.1) is 11.3 Å². The topological polar surface area (TPSA) is 29.5 Å². The summed E-state index contributed by atoms with van der Waals surface area (Å²) in [7, 11) is 1.66. The predicted molar refractivity (Wildman–Crippen MR) is 130 cm³/mol. The quantitative estimate of drug-likeness (QED) is 0.307. The molecule has 1 unspecified atom stereocenters. The van der Waals surface area contributed by atoms with Crippen molar-refractivity contribution in [3.05, 3.63) is 113 Å². The van der Waals surface area contributed by atoms with Crippen LogP contribution in [0.15, 0.2) is 97.1 Å². The summed E-state index contributed by atoms with van der Waals surface area (Å²) in [6.07, 6.45) is -0.829. The summed E-state index contributed by atoms with van der Waals surface area (Å²) in [5.41, 5.74) is 4.95. The molecule has 0 aliphatic heterocycles. The molecule has 1 aromatic heterocycles. The van der Waals surface area contributed by atoms with Crippen molar-refractivity contribution in [1.82, 2.24) is 0 Å². The van der Waals surface area contributed by atoms with Gasteiger partial charge >= 0.3 is 0 Å². The molecule has 158 valence electrons. The van der Waals surface area contributed by atoms with E-state index >= 15 is 0 Å². The number of rotatable bonds is 5. The van der Waals surface area contributed by atoms with Crippen molar-refractivity contribution in [1.29, 1.82) is 0 Å². The first-order valence-corrected chi connectivity index (χ1v) is 11.2. The van der Waals surface area contributed by atoms with Crippen LogP contribution in [0.25, 0.3) is 32.3 Å². The van der Waals surface area contributed by atoms with Gasteiger partial charge in [-0.25, -0.2) is 4.39 Å². The standard InChI is InChI=1S/C28H21FO2S/c1-31-23-16-12-19(13-17-23)18-6-8-20(9-7-18)26-24-4-2-3-5-25(24)32-28(26)27(30)21-10-14-22(29)15-11-21/h2-17,27,30H,1H3. The summed E-state index contributed by atoms with van der Waals surface area (Å²) in [4.78, 5) is 0.856. The molecule has 0 spiro atoms. The molecule has 0 aliphatic rings. The Bertz CT molecular complexity index is 1350. The van der Waals surface area contributed by atoms with Crippen molar-refractivity contribution in [2.45, 2.75) is 6.10 Å². The van der Waals surface area contributed by atoms with Gasteiger partial charge < -0.3 is 9.84 Å². The molecule has 5 aromatic rings. The number of aliphatic hydroxyl groups is 1. The van der Waals surface area contributed by atoms with E-state index in [1.54, 1.807) is 30.6 Å². The molecule has 1 atom stereocenters. The van der Waals surface area contributed by atoms with Crippen LogP contribution in [0.4, 0.5) is 4.39 Å². The summed E-state index contributed by atoms with van der Waals surface area (Å²) in [6, 6.07) is 30.6. The molecule has 0 fully saturated rings. The van der Waals surface area contributed by atoms with Gasteiger partial charge in [0.2, 0.25) is 0 Å². The second-order valence-electron chi connectivity index (χ2n) is 7.60. The van der Waals surface area contributed by atoms with Gasteiger partial charge in [-0.1, -0.05) is 66.7 Å². The maximum Gasteiger partial charge on any atom is 0.123 e. The largest absolute Gasteiger partial charge is 0.497 e. The number of methoxy groups -OCH3 is 1. The SMILES string of the molecule is COc1ccc(-c2ccc(-c3c(C(O)c4ccc(F)cc4)sc4ccccc34)cc2)cc1. The highest BCUT2D eigenvalue weighted by atomic mass is 32.1. The first-order chi connectivity index (χ1) is 15.6. The number of aliphatic hydroxyl groups excluding tert-OH is 1. The Morgan fingerprint density at radius 1 is 0.750 bits per heavy atom. The lowest BCUT2D eigenvalue weighted by Crippen LogP contribution is -1.99. The first-order valence-electron chi connectivity index (χ1n) is 10.3. The van der Waals surface area contributed by atoms with Crippen LogP contribution in [0.1, 0.15) is 16.5 Å². The fourth-order valence-electron chi connectivity index (χ4n) is 3.96. The molecular weight excluding hydrogens is 419 g/mol. The third kappa shape index (κ3) is 3.79. The van der Waals surface area contributed by atoms with Gasteiger partial charge in [0.1, 0.15) is 17.7 Å². The highest BCUT2D eigenvalue weighted by molar-refractivity contribution is 7.19. The lowest BCUT2D eigenvalue weighted by molar-refractivity contribution is 0.224. The highest BCUT2D eigenvalue weighted by Crippen LogP contribution is 2.44. The minimum absolute atomic E-state index is 0.313. The van der Waals surface area contributed by atoms with Crippen LogP contribution in [0.3, 0.4) is 0 Å². The number of ether oxygens (including phenoxy) is 1. The third-order valence-corrected chi connectivity index (χ3v) is 6.88. The number of benzene rings is 4. The van der Waals surface area contributed by atoms with Gasteiger partial charge in [0.05, 0.1) is 7.11 Å². The normalized spacial score (nSPS) is 12.1. The van der Waals surface area contributed by atoms with Crippen molar-refractivity contribution in [2.24, 2.45) is 0 Å². The van der Waals surface area contributed by atoms with Crippen molar-refractivity contribution >= 4 is 21.4 Å². The highest BCUT2D eigenvalue weighted by Gasteiger charge is 2.21. The minimum Gasteiger partial charge on any atom is -0.497 e. The minimum atomic E-state index is -0.829. The summed E-state index contributed by atoms with van der Waals surface area (Å²) < 4.78 is 19.8. The Morgan fingerprint density at radius 3 is 2.00 bits per heavy atom. The molecule has 32 heavy (non-hydrogen) atoms. The number of fused-ring (bicyclic) bond motifs is 1. The van der Waals surface area contributed by atoms with E-state index in [0.717, 1.165) is 43.0 Å². The van der Waals surface area contributed by atoms with E-state index in [1.165, 1.54) is 12.1 Å². The van der Waals surface area contributed by atoms with E-state index in [-0.39, 0.29) is 5.82 Å². The van der Waals surface area contributed by atoms with Crippen LogP contribution in [0.2, 0.25) is 0 Å². The summed E-state index contributed by atoms with van der Waals surface area (Å²) in [5, 5.41) is 12.3. The van der Waals surface area contributed by atoms with Crippen LogP contribution in [0, 0.1) is 5.82 Å². The summed E-state index contributed by atoms with van der Waals surface area (Å²) in [6.45, 7) is 0. The van der Waals surface area contributed by atoms with Crippen LogP contribution < -0.4 is 4.74 Å². The number of thiophene rings is 1. The van der Waals surface area contributed by atoms with Crippen LogP contribution >= 0.6 is 11.3 Å². The Balaban J connectivity index is 1.58. The van der Waals surface area contributed by atoms with Crippen LogP contribution in [-0.2, 0) is 0 Å². The second-order valence-corrected chi connectivity index (χ2v) is 8.68. The van der Waals surface area contributed by atoms with E-state index in [2.05, 4.69) is 36.4 Å². The van der Waals surface area contributed by atoms with Gasteiger partial charge in [0.25, 0.3) is 0 Å². The van der Waals surface area contributed by atoms with Gasteiger partial charge in [-0.05, 0) is 52.6 Å². The van der Waals surface area contributed by atoms with Crippen molar-refractivity contribution in [3.8, 4) is 28.0 Å². The first kappa shape index (κ1) is 20.4. The smallest absolute Gasteiger partial charge is 0.123 e. The fraction of sp³-hybridized carbons (Fsp3) is 0.0714. The molecule has 1 N–H and O–H groups in total. The zero-order valence-electron chi connectivity index (χ0n) is 17.5. The van der Waals surface area contributed by atoms with Crippen molar-refractivity contribution in [2.75, 3.05) is 7.11 Å². The van der Waals surface area contributed by atoms with Gasteiger partial charge in [-0.2, -0.15) is 0 Å². The molecule has 4 heteroatoms. The fourth-order valence-corrected chi connectivity index (χ4v) is 5.21. The molecule has 0 amide bonds. The zero-order chi connectivity index (χ0) is 22.1. The number of halogens is 1. The molecule has 0 radical (unpaired) electrons. The Kier molecular flexibility index (Phi) is 5.48. The maximum absolute atomic E-state index is 13.4. The molecule has 0 bridgehead atoms. The summed E-state index contributed by atoms with van der Waals surface area (Å²) >= 11 is 1.57. The Labute approximate surface area is 190 Å². The van der Waals surface area contributed by atoms with Gasteiger partial charge in [-0.3, -0.25) is 0 Å². The Hall–Kier alpha value is -3.47. The van der Waals surface area contributed by atoms with Crippen molar-refractivity contribution in [3.63, 3.8) is 0 Å². The van der Waals surface area contributed by atoms with E-state index in [0.29, 0.717) is 5.56 Å². The maximum atomic E-state index is 13.4. The Morgan fingerprint density at radius 2 is 1.34 bits per heavy atom. The zero-order valence-corrected chi connectivity index (χ0v) is 18.3. The van der Waals surface area contributed by atoms with Gasteiger partial charge in [0.15, 0.2) is 0 Å². The molecule has 1 heterocycles.